The molecule has 2 amide bonds. The molecule has 4 rings (SSSR count). The lowest BCUT2D eigenvalue weighted by Gasteiger charge is -2.12. The van der Waals surface area contributed by atoms with Crippen molar-refractivity contribution >= 4 is 28.2 Å². The van der Waals surface area contributed by atoms with Crippen molar-refractivity contribution in [2.75, 3.05) is 11.9 Å². The Kier molecular flexibility index (Phi) is 5.67. The Labute approximate surface area is 177 Å². The van der Waals surface area contributed by atoms with Crippen molar-refractivity contribution in [2.45, 2.75) is 39.5 Å². The number of fused-ring (bicyclic) bond motifs is 1. The zero-order valence-corrected chi connectivity index (χ0v) is 17.6. The van der Waals surface area contributed by atoms with E-state index in [4.69, 9.17) is 4.52 Å². The molecule has 2 aromatic heterocycles. The molecule has 0 bridgehead atoms. The highest BCUT2D eigenvalue weighted by Gasteiger charge is 2.27. The molecule has 156 valence electrons. The van der Waals surface area contributed by atoms with E-state index in [-0.39, 0.29) is 17.4 Å². The molecular weight excluding hydrogens is 405 g/mol. The summed E-state index contributed by atoms with van der Waals surface area (Å²) in [6.07, 6.45) is 3.86. The van der Waals surface area contributed by atoms with Gasteiger partial charge in [-0.15, -0.1) is 11.3 Å². The maximum absolute atomic E-state index is 13.8. The van der Waals surface area contributed by atoms with Crippen molar-refractivity contribution in [3.8, 4) is 11.3 Å². The Balaban J connectivity index is 1.60. The summed E-state index contributed by atoms with van der Waals surface area (Å²) in [5, 5.41) is 10.0. The Morgan fingerprint density at radius 2 is 2.00 bits per heavy atom. The SMILES string of the molecule is CCNC(=O)c1c(NC(=O)c2cc(-c3ccc(C)c(F)c3)on2)sc2c1CCCC2. The molecule has 0 saturated heterocycles. The number of anilines is 1. The lowest BCUT2D eigenvalue weighted by atomic mass is 9.95. The van der Waals surface area contributed by atoms with Gasteiger partial charge in [0, 0.05) is 23.1 Å². The van der Waals surface area contributed by atoms with Crippen LogP contribution >= 0.6 is 11.3 Å². The van der Waals surface area contributed by atoms with E-state index in [1.807, 2.05) is 6.92 Å². The van der Waals surface area contributed by atoms with E-state index < -0.39 is 5.91 Å². The molecule has 0 radical (unpaired) electrons. The van der Waals surface area contributed by atoms with E-state index in [1.54, 1.807) is 19.1 Å². The molecule has 0 unspecified atom stereocenters. The summed E-state index contributed by atoms with van der Waals surface area (Å²) in [5.74, 6) is -0.705. The van der Waals surface area contributed by atoms with Crippen LogP contribution in [0.5, 0.6) is 0 Å². The Morgan fingerprint density at radius 1 is 1.20 bits per heavy atom. The van der Waals surface area contributed by atoms with Gasteiger partial charge in [0.2, 0.25) is 0 Å². The van der Waals surface area contributed by atoms with E-state index in [1.165, 1.54) is 23.5 Å². The van der Waals surface area contributed by atoms with Crippen LogP contribution in [0.15, 0.2) is 28.8 Å². The third kappa shape index (κ3) is 3.87. The van der Waals surface area contributed by atoms with Crippen molar-refractivity contribution in [1.29, 1.82) is 0 Å². The molecule has 2 heterocycles. The summed E-state index contributed by atoms with van der Waals surface area (Å²) in [5.41, 5.74) is 2.67. The number of thiophene rings is 1. The highest BCUT2D eigenvalue weighted by molar-refractivity contribution is 7.17. The van der Waals surface area contributed by atoms with Gasteiger partial charge in [-0.05, 0) is 56.7 Å². The minimum Gasteiger partial charge on any atom is -0.355 e. The molecule has 30 heavy (non-hydrogen) atoms. The van der Waals surface area contributed by atoms with Crippen LogP contribution in [0.25, 0.3) is 11.3 Å². The average molecular weight is 428 g/mol. The van der Waals surface area contributed by atoms with Crippen molar-refractivity contribution in [2.24, 2.45) is 0 Å². The Bertz CT molecular complexity index is 1120. The molecule has 3 aromatic rings. The minimum atomic E-state index is -0.471. The molecule has 0 atom stereocenters. The molecule has 0 saturated carbocycles. The summed E-state index contributed by atoms with van der Waals surface area (Å²) in [7, 11) is 0. The van der Waals surface area contributed by atoms with Gasteiger partial charge in [-0.2, -0.15) is 0 Å². The number of hydrogen-bond donors (Lipinski definition) is 2. The maximum atomic E-state index is 13.8. The van der Waals surface area contributed by atoms with E-state index in [2.05, 4.69) is 15.8 Å². The first-order valence-electron chi connectivity index (χ1n) is 9.95. The Hall–Kier alpha value is -3.00. The largest absolute Gasteiger partial charge is 0.355 e. The third-order valence-corrected chi connectivity index (χ3v) is 6.37. The third-order valence-electron chi connectivity index (χ3n) is 5.16. The second-order valence-electron chi connectivity index (χ2n) is 7.27. The number of aryl methyl sites for hydroxylation is 2. The lowest BCUT2D eigenvalue weighted by Crippen LogP contribution is -2.25. The van der Waals surface area contributed by atoms with Gasteiger partial charge in [-0.25, -0.2) is 4.39 Å². The monoisotopic (exact) mass is 427 g/mol. The number of amides is 2. The van der Waals surface area contributed by atoms with E-state index in [0.717, 1.165) is 36.1 Å². The first-order chi connectivity index (χ1) is 14.5. The smallest absolute Gasteiger partial charge is 0.278 e. The molecule has 1 aromatic carbocycles. The molecule has 0 aliphatic heterocycles. The number of nitrogens with one attached hydrogen (secondary N) is 2. The number of halogens is 1. The fraction of sp³-hybridized carbons (Fsp3) is 0.318. The van der Waals surface area contributed by atoms with E-state index >= 15 is 0 Å². The number of hydrogen-bond acceptors (Lipinski definition) is 5. The van der Waals surface area contributed by atoms with Gasteiger partial charge in [-0.1, -0.05) is 17.3 Å². The van der Waals surface area contributed by atoms with Gasteiger partial charge >= 0.3 is 0 Å². The quantitative estimate of drug-likeness (QED) is 0.616. The molecule has 0 spiro atoms. The van der Waals surface area contributed by atoms with Crippen LogP contribution in [0.2, 0.25) is 0 Å². The van der Waals surface area contributed by atoms with Gasteiger partial charge in [0.1, 0.15) is 10.8 Å². The first-order valence-corrected chi connectivity index (χ1v) is 10.8. The normalized spacial score (nSPS) is 13.0. The molecule has 8 heteroatoms. The van der Waals surface area contributed by atoms with Gasteiger partial charge < -0.3 is 15.2 Å². The number of carbonyl (C=O) groups is 2. The number of rotatable bonds is 5. The van der Waals surface area contributed by atoms with Crippen LogP contribution in [-0.4, -0.2) is 23.5 Å². The van der Waals surface area contributed by atoms with Crippen molar-refractivity contribution in [3.05, 3.63) is 57.3 Å². The van der Waals surface area contributed by atoms with Crippen molar-refractivity contribution in [1.82, 2.24) is 10.5 Å². The summed E-state index contributed by atoms with van der Waals surface area (Å²) < 4.78 is 19.1. The predicted octanol–water partition coefficient (Wildman–Crippen LogP) is 4.73. The summed E-state index contributed by atoms with van der Waals surface area (Å²) in [6.45, 7) is 4.04. The number of aromatic nitrogens is 1. The fourth-order valence-corrected chi connectivity index (χ4v) is 4.86. The summed E-state index contributed by atoms with van der Waals surface area (Å²) >= 11 is 1.45. The van der Waals surface area contributed by atoms with Crippen LogP contribution in [0.4, 0.5) is 9.39 Å². The Morgan fingerprint density at radius 3 is 2.77 bits per heavy atom. The van der Waals surface area contributed by atoms with Crippen LogP contribution in [0.3, 0.4) is 0 Å². The zero-order chi connectivity index (χ0) is 21.3. The molecule has 0 fully saturated rings. The zero-order valence-electron chi connectivity index (χ0n) is 16.8. The molecule has 1 aliphatic rings. The highest BCUT2D eigenvalue weighted by atomic mass is 32.1. The average Bonchev–Trinajstić information content (AvgIpc) is 3.35. The fourth-order valence-electron chi connectivity index (χ4n) is 3.57. The minimum absolute atomic E-state index is 0.0687. The number of benzene rings is 1. The number of nitrogens with zero attached hydrogens (tertiary/aromatic N) is 1. The van der Waals surface area contributed by atoms with E-state index in [0.29, 0.717) is 34.0 Å². The highest BCUT2D eigenvalue weighted by Crippen LogP contribution is 2.38. The van der Waals surface area contributed by atoms with Gasteiger partial charge in [0.05, 0.1) is 5.56 Å². The van der Waals surface area contributed by atoms with Crippen LogP contribution in [-0.2, 0) is 12.8 Å². The molecule has 1 aliphatic carbocycles. The standard InChI is InChI=1S/C22H22FN3O3S/c1-3-24-21(28)19-14-6-4-5-7-18(14)30-22(19)25-20(27)16-11-17(29-26-16)13-9-8-12(2)15(23)10-13/h8-11H,3-7H2,1-2H3,(H,24,28)(H,25,27). The second-order valence-corrected chi connectivity index (χ2v) is 8.37. The van der Waals surface area contributed by atoms with Gasteiger partial charge in [0.25, 0.3) is 11.8 Å². The molecular formula is C22H22FN3O3S. The second kappa shape index (κ2) is 8.39. The topological polar surface area (TPSA) is 84.2 Å². The number of carbonyl (C=O) groups excluding carboxylic acids is 2. The van der Waals surface area contributed by atoms with Gasteiger partial charge in [0.15, 0.2) is 11.5 Å². The van der Waals surface area contributed by atoms with Crippen molar-refractivity contribution in [3.63, 3.8) is 0 Å². The predicted molar refractivity (Wildman–Crippen MR) is 114 cm³/mol. The maximum Gasteiger partial charge on any atom is 0.278 e. The molecule has 2 N–H and O–H groups in total. The first kappa shape index (κ1) is 20.3. The van der Waals surface area contributed by atoms with Crippen LogP contribution in [0, 0.1) is 12.7 Å². The lowest BCUT2D eigenvalue weighted by molar-refractivity contribution is 0.0956. The van der Waals surface area contributed by atoms with E-state index in [9.17, 15) is 14.0 Å². The molecule has 6 nitrogen and oxygen atoms in total. The summed E-state index contributed by atoms with van der Waals surface area (Å²) in [4.78, 5) is 26.6. The van der Waals surface area contributed by atoms with Gasteiger partial charge in [-0.3, -0.25) is 9.59 Å². The summed E-state index contributed by atoms with van der Waals surface area (Å²) in [6, 6.07) is 6.17. The van der Waals surface area contributed by atoms with Crippen LogP contribution in [0.1, 0.15) is 56.6 Å². The van der Waals surface area contributed by atoms with Crippen molar-refractivity contribution < 1.29 is 18.5 Å². The van der Waals surface area contributed by atoms with Crippen LogP contribution < -0.4 is 10.6 Å².